The lowest BCUT2D eigenvalue weighted by Gasteiger charge is -2.09. The zero-order valence-corrected chi connectivity index (χ0v) is 19.6. The van der Waals surface area contributed by atoms with Crippen molar-refractivity contribution in [3.8, 4) is 16.8 Å². The Hall–Kier alpha value is -3.89. The van der Waals surface area contributed by atoms with E-state index in [2.05, 4.69) is 24.3 Å². The first-order valence-corrected chi connectivity index (χ1v) is 11.6. The molecule has 0 aliphatic heterocycles. The Morgan fingerprint density at radius 3 is 2.26 bits per heavy atom. The number of hydrogen-bond acceptors (Lipinski definition) is 2. The van der Waals surface area contributed by atoms with E-state index in [1.54, 1.807) is 6.92 Å². The number of Topliss-reactive ketones (excluding diaryl/α,β-unsaturated/α-hetero) is 1. The van der Waals surface area contributed by atoms with Gasteiger partial charge in [0, 0.05) is 17.1 Å². The van der Waals surface area contributed by atoms with Gasteiger partial charge >= 0.3 is 0 Å². The van der Waals surface area contributed by atoms with E-state index in [1.165, 1.54) is 0 Å². The second kappa shape index (κ2) is 9.16. The first-order valence-electron chi connectivity index (χ1n) is 11.2. The number of halogens is 1. The second-order valence-electron chi connectivity index (χ2n) is 8.45. The van der Waals surface area contributed by atoms with Crippen LogP contribution in [0, 0.1) is 5.41 Å². The Morgan fingerprint density at radius 2 is 1.53 bits per heavy atom. The summed E-state index contributed by atoms with van der Waals surface area (Å²) < 4.78 is 3.94. The summed E-state index contributed by atoms with van der Waals surface area (Å²) in [4.78, 5) is 11.5. The molecular weight excluding hydrogens is 442 g/mol. The Morgan fingerprint density at radius 1 is 0.824 bits per heavy atom. The van der Waals surface area contributed by atoms with Crippen molar-refractivity contribution < 1.29 is 4.79 Å². The number of nitrogens with one attached hydrogen (secondary N) is 1. The number of fused-ring (bicyclic) bond motifs is 1. The number of benzene rings is 4. The molecular formula is C29H24ClN3O. The van der Waals surface area contributed by atoms with Crippen molar-refractivity contribution in [2.45, 2.75) is 19.9 Å². The fourth-order valence-electron chi connectivity index (χ4n) is 4.40. The molecule has 4 nitrogen and oxygen atoms in total. The minimum atomic E-state index is 0.153. The average molecular weight is 466 g/mol. The van der Waals surface area contributed by atoms with Crippen LogP contribution in [0.3, 0.4) is 0 Å². The number of ketones is 1. The summed E-state index contributed by atoms with van der Waals surface area (Å²) in [6, 6.07) is 32.1. The topological polar surface area (TPSA) is 50.8 Å². The summed E-state index contributed by atoms with van der Waals surface area (Å²) in [5.41, 5.74) is 7.39. The van der Waals surface area contributed by atoms with Gasteiger partial charge < -0.3 is 4.57 Å². The van der Waals surface area contributed by atoms with Crippen LogP contribution in [-0.2, 0) is 17.8 Å². The molecule has 0 aliphatic carbocycles. The van der Waals surface area contributed by atoms with Crippen molar-refractivity contribution in [1.82, 2.24) is 9.13 Å². The molecule has 0 saturated carbocycles. The maximum absolute atomic E-state index is 11.5. The van der Waals surface area contributed by atoms with Gasteiger partial charge in [0.15, 0.2) is 0 Å². The fraction of sp³-hybridized carbons (Fsp3) is 0.103. The molecule has 0 unspecified atom stereocenters. The van der Waals surface area contributed by atoms with Crippen molar-refractivity contribution in [3.63, 3.8) is 0 Å². The average Bonchev–Trinajstić information content (AvgIpc) is 3.11. The molecule has 0 spiro atoms. The molecule has 1 heterocycles. The minimum absolute atomic E-state index is 0.153. The molecule has 0 radical (unpaired) electrons. The number of carbonyl (C=O) groups excluding carboxylic acids is 1. The molecule has 34 heavy (non-hydrogen) atoms. The van der Waals surface area contributed by atoms with E-state index in [9.17, 15) is 4.79 Å². The smallest absolute Gasteiger partial charge is 0.208 e. The standard InChI is InChI=1S/C29H24ClN3O/c1-20(34)17-21-7-6-9-23(18-21)22-13-15-25(16-14-22)33-28-12-5-4-11-27(28)32(29(33)31)19-24-8-2-3-10-26(24)30/h2-16,18,31H,17,19H2,1H3. The van der Waals surface area contributed by atoms with Crippen LogP contribution in [0.2, 0.25) is 5.02 Å². The third kappa shape index (κ3) is 4.20. The van der Waals surface area contributed by atoms with E-state index >= 15 is 0 Å². The third-order valence-corrected chi connectivity index (χ3v) is 6.37. The molecule has 5 aromatic rings. The Kier molecular flexibility index (Phi) is 5.91. The van der Waals surface area contributed by atoms with Crippen LogP contribution in [0.5, 0.6) is 0 Å². The van der Waals surface area contributed by atoms with Gasteiger partial charge in [0.1, 0.15) is 5.78 Å². The van der Waals surface area contributed by atoms with Crippen molar-refractivity contribution in [3.05, 3.63) is 119 Å². The number of para-hydroxylation sites is 2. The molecule has 0 bridgehead atoms. The summed E-state index contributed by atoms with van der Waals surface area (Å²) in [7, 11) is 0. The molecule has 0 fully saturated rings. The largest absolute Gasteiger partial charge is 0.306 e. The predicted molar refractivity (Wildman–Crippen MR) is 137 cm³/mol. The molecule has 0 atom stereocenters. The Bertz CT molecular complexity index is 1560. The normalized spacial score (nSPS) is 11.1. The summed E-state index contributed by atoms with van der Waals surface area (Å²) >= 11 is 6.42. The van der Waals surface area contributed by atoms with Gasteiger partial charge in [-0.2, -0.15) is 0 Å². The second-order valence-corrected chi connectivity index (χ2v) is 8.86. The minimum Gasteiger partial charge on any atom is -0.306 e. The lowest BCUT2D eigenvalue weighted by atomic mass is 10.0. The van der Waals surface area contributed by atoms with Crippen molar-refractivity contribution >= 4 is 28.4 Å². The number of rotatable bonds is 6. The maximum atomic E-state index is 11.5. The first-order chi connectivity index (χ1) is 16.5. The van der Waals surface area contributed by atoms with Gasteiger partial charge in [0.2, 0.25) is 5.62 Å². The van der Waals surface area contributed by atoms with Crippen LogP contribution in [0.1, 0.15) is 18.1 Å². The summed E-state index contributed by atoms with van der Waals surface area (Å²) in [5.74, 6) is 0.153. The van der Waals surface area contributed by atoms with E-state index in [4.69, 9.17) is 17.0 Å². The van der Waals surface area contributed by atoms with E-state index < -0.39 is 0 Å². The van der Waals surface area contributed by atoms with Crippen molar-refractivity contribution in [1.29, 1.82) is 5.41 Å². The van der Waals surface area contributed by atoms with Crippen LogP contribution in [0.25, 0.3) is 27.8 Å². The number of imidazole rings is 1. The van der Waals surface area contributed by atoms with Gasteiger partial charge in [-0.05, 0) is 59.5 Å². The number of nitrogens with zero attached hydrogens (tertiary/aromatic N) is 2. The summed E-state index contributed by atoms with van der Waals surface area (Å²) in [5, 5.41) is 9.69. The summed E-state index contributed by atoms with van der Waals surface area (Å²) in [6.45, 7) is 2.13. The lowest BCUT2D eigenvalue weighted by molar-refractivity contribution is -0.116. The van der Waals surface area contributed by atoms with E-state index in [0.29, 0.717) is 23.6 Å². The van der Waals surface area contributed by atoms with Crippen molar-refractivity contribution in [2.24, 2.45) is 0 Å². The highest BCUT2D eigenvalue weighted by Crippen LogP contribution is 2.25. The van der Waals surface area contributed by atoms with E-state index in [0.717, 1.165) is 39.0 Å². The highest BCUT2D eigenvalue weighted by atomic mass is 35.5. The Labute approximate surface area is 203 Å². The maximum Gasteiger partial charge on any atom is 0.208 e. The van der Waals surface area contributed by atoms with Gasteiger partial charge in [0.25, 0.3) is 0 Å². The molecule has 0 aliphatic rings. The quantitative estimate of drug-likeness (QED) is 0.309. The van der Waals surface area contributed by atoms with Gasteiger partial charge in [-0.25, -0.2) is 0 Å². The van der Waals surface area contributed by atoms with Crippen LogP contribution >= 0.6 is 11.6 Å². The van der Waals surface area contributed by atoms with Crippen LogP contribution in [0.4, 0.5) is 0 Å². The van der Waals surface area contributed by atoms with Gasteiger partial charge in [0.05, 0.1) is 17.6 Å². The summed E-state index contributed by atoms with van der Waals surface area (Å²) in [6.07, 6.45) is 0.439. The van der Waals surface area contributed by atoms with Crippen molar-refractivity contribution in [2.75, 3.05) is 0 Å². The number of hydrogen-bond donors (Lipinski definition) is 1. The third-order valence-electron chi connectivity index (χ3n) is 6.01. The van der Waals surface area contributed by atoms with E-state index in [1.807, 2.05) is 81.9 Å². The molecule has 1 aromatic heterocycles. The fourth-order valence-corrected chi connectivity index (χ4v) is 4.60. The van der Waals surface area contributed by atoms with Crippen LogP contribution in [-0.4, -0.2) is 14.9 Å². The predicted octanol–water partition coefficient (Wildman–Crippen LogP) is 6.41. The molecule has 0 saturated heterocycles. The van der Waals surface area contributed by atoms with Crippen LogP contribution in [0.15, 0.2) is 97.1 Å². The SMILES string of the molecule is CC(=O)Cc1cccc(-c2ccc(-n3c(=N)n(Cc4ccccc4Cl)c4ccccc43)cc2)c1. The van der Waals surface area contributed by atoms with Gasteiger partial charge in [-0.1, -0.05) is 78.3 Å². The zero-order chi connectivity index (χ0) is 23.7. The molecule has 4 aromatic carbocycles. The van der Waals surface area contributed by atoms with Crippen LogP contribution < -0.4 is 5.62 Å². The van der Waals surface area contributed by atoms with Gasteiger partial charge in [-0.3, -0.25) is 14.8 Å². The highest BCUT2D eigenvalue weighted by molar-refractivity contribution is 6.31. The van der Waals surface area contributed by atoms with E-state index in [-0.39, 0.29) is 5.78 Å². The molecule has 5 rings (SSSR count). The number of carbonyl (C=O) groups is 1. The Balaban J connectivity index is 1.55. The first kappa shape index (κ1) is 21.9. The number of aromatic nitrogens is 2. The molecule has 168 valence electrons. The lowest BCUT2D eigenvalue weighted by Crippen LogP contribution is -2.24. The highest BCUT2D eigenvalue weighted by Gasteiger charge is 2.13. The molecule has 1 N–H and O–H groups in total. The van der Waals surface area contributed by atoms with Gasteiger partial charge in [-0.15, -0.1) is 0 Å². The molecule has 5 heteroatoms. The monoisotopic (exact) mass is 465 g/mol. The molecule has 0 amide bonds. The zero-order valence-electron chi connectivity index (χ0n) is 18.8.